The smallest absolute Gasteiger partial charge is 0.213 e. The molecule has 0 radical (unpaired) electrons. The first kappa shape index (κ1) is 19.7. The van der Waals surface area contributed by atoms with Gasteiger partial charge in [0.1, 0.15) is 6.10 Å². The van der Waals surface area contributed by atoms with Crippen LogP contribution in [0.2, 0.25) is 0 Å². The summed E-state index contributed by atoms with van der Waals surface area (Å²) in [7, 11) is 2.10. The molecule has 6 heteroatoms. The molecule has 3 aromatic heterocycles. The van der Waals surface area contributed by atoms with E-state index in [0.29, 0.717) is 18.1 Å². The van der Waals surface area contributed by atoms with Gasteiger partial charge in [0.05, 0.1) is 17.7 Å². The van der Waals surface area contributed by atoms with Gasteiger partial charge < -0.3 is 19.4 Å². The van der Waals surface area contributed by atoms with E-state index in [9.17, 15) is 0 Å². The predicted molar refractivity (Wildman–Crippen MR) is 126 cm³/mol. The molecule has 1 aliphatic heterocycles. The predicted octanol–water partition coefficient (Wildman–Crippen LogP) is 4.47. The maximum Gasteiger partial charge on any atom is 0.213 e. The third-order valence-electron chi connectivity index (χ3n) is 6.89. The standard InChI is InChI=1S/C26H28N4O2/c1-30-24-8-11-28-16-23(24)22-4-2-17(12-25(22)30)18-3-5-26(29-15-18)32-21-13-20(14-21)31-19-6-9-27-10-7-19/h2-5,8,11-12,15-16,19-21,27H,6-7,9-10,13-14H2,1H3. The summed E-state index contributed by atoms with van der Waals surface area (Å²) in [5.74, 6) is 0.691. The molecule has 1 N–H and O–H groups in total. The topological polar surface area (TPSA) is 61.2 Å². The second-order valence-electron chi connectivity index (χ2n) is 8.99. The number of fused-ring (bicyclic) bond motifs is 3. The molecule has 32 heavy (non-hydrogen) atoms. The van der Waals surface area contributed by atoms with Gasteiger partial charge in [0, 0.05) is 66.4 Å². The molecule has 0 spiro atoms. The van der Waals surface area contributed by atoms with Gasteiger partial charge in [0.2, 0.25) is 5.88 Å². The van der Waals surface area contributed by atoms with Crippen LogP contribution in [0.4, 0.5) is 0 Å². The van der Waals surface area contributed by atoms with Gasteiger partial charge in [-0.3, -0.25) is 4.98 Å². The quantitative estimate of drug-likeness (QED) is 0.508. The van der Waals surface area contributed by atoms with Gasteiger partial charge in [-0.05, 0) is 49.7 Å². The molecule has 0 bridgehead atoms. The number of rotatable bonds is 5. The van der Waals surface area contributed by atoms with Crippen molar-refractivity contribution in [3.05, 3.63) is 55.0 Å². The summed E-state index contributed by atoms with van der Waals surface area (Å²) in [6.45, 7) is 2.14. The highest BCUT2D eigenvalue weighted by atomic mass is 16.5. The summed E-state index contributed by atoms with van der Waals surface area (Å²) in [6, 6.07) is 12.7. The number of ether oxygens (including phenoxy) is 2. The molecule has 164 valence electrons. The van der Waals surface area contributed by atoms with Gasteiger partial charge >= 0.3 is 0 Å². The Bertz CT molecular complexity index is 1240. The molecule has 1 aromatic carbocycles. The Hall–Kier alpha value is -2.96. The molecule has 0 amide bonds. The SMILES string of the molecule is Cn1c2ccncc2c2ccc(-c3ccc(OC4CC(OC5CCNCC5)C4)nc3)cc21. The third kappa shape index (κ3) is 3.63. The summed E-state index contributed by atoms with van der Waals surface area (Å²) in [6.07, 6.45) is 10.8. The van der Waals surface area contributed by atoms with Crippen LogP contribution in [0.5, 0.6) is 5.88 Å². The van der Waals surface area contributed by atoms with E-state index in [1.54, 1.807) is 0 Å². The van der Waals surface area contributed by atoms with Gasteiger partial charge in [0.25, 0.3) is 0 Å². The Kier molecular flexibility index (Phi) is 5.04. The number of piperidine rings is 1. The first-order valence-corrected chi connectivity index (χ1v) is 11.6. The van der Waals surface area contributed by atoms with E-state index < -0.39 is 0 Å². The molecular formula is C26H28N4O2. The summed E-state index contributed by atoms with van der Waals surface area (Å²) in [5.41, 5.74) is 4.62. The highest BCUT2D eigenvalue weighted by Crippen LogP contribution is 2.33. The highest BCUT2D eigenvalue weighted by Gasteiger charge is 2.34. The van der Waals surface area contributed by atoms with Crippen LogP contribution in [0.3, 0.4) is 0 Å². The summed E-state index contributed by atoms with van der Waals surface area (Å²) in [4.78, 5) is 8.86. The first-order valence-electron chi connectivity index (χ1n) is 11.6. The fourth-order valence-electron chi connectivity index (χ4n) is 4.95. The molecular weight excluding hydrogens is 400 g/mol. The van der Waals surface area contributed by atoms with Crippen molar-refractivity contribution in [1.29, 1.82) is 0 Å². The van der Waals surface area contributed by atoms with Gasteiger partial charge in [-0.1, -0.05) is 12.1 Å². The zero-order valence-electron chi connectivity index (χ0n) is 18.3. The van der Waals surface area contributed by atoms with E-state index in [4.69, 9.17) is 9.47 Å². The largest absolute Gasteiger partial charge is 0.474 e. The second-order valence-corrected chi connectivity index (χ2v) is 8.99. The van der Waals surface area contributed by atoms with Crippen LogP contribution in [0, 0.1) is 0 Å². The van der Waals surface area contributed by atoms with Gasteiger partial charge in [-0.25, -0.2) is 4.98 Å². The zero-order valence-corrected chi connectivity index (χ0v) is 18.3. The molecule has 6 nitrogen and oxygen atoms in total. The number of pyridine rings is 2. The van der Waals surface area contributed by atoms with Crippen molar-refractivity contribution in [2.24, 2.45) is 7.05 Å². The number of hydrogen-bond donors (Lipinski definition) is 1. The molecule has 4 heterocycles. The lowest BCUT2D eigenvalue weighted by atomic mass is 9.91. The zero-order chi connectivity index (χ0) is 21.5. The Morgan fingerprint density at radius 3 is 2.53 bits per heavy atom. The van der Waals surface area contributed by atoms with E-state index in [1.807, 2.05) is 24.7 Å². The highest BCUT2D eigenvalue weighted by molar-refractivity contribution is 6.08. The molecule has 2 fully saturated rings. The maximum absolute atomic E-state index is 6.19. The van der Waals surface area contributed by atoms with Crippen LogP contribution in [-0.4, -0.2) is 45.9 Å². The Balaban J connectivity index is 1.12. The number of benzene rings is 1. The average Bonchev–Trinajstić information content (AvgIpc) is 3.10. The molecule has 1 saturated heterocycles. The summed E-state index contributed by atoms with van der Waals surface area (Å²) in [5, 5.41) is 5.79. The van der Waals surface area contributed by atoms with Crippen LogP contribution in [0.1, 0.15) is 25.7 Å². The molecule has 4 aromatic rings. The van der Waals surface area contributed by atoms with Crippen LogP contribution in [0.15, 0.2) is 55.0 Å². The number of nitrogens with one attached hydrogen (secondary N) is 1. The van der Waals surface area contributed by atoms with Crippen molar-refractivity contribution in [2.75, 3.05) is 13.1 Å². The fourth-order valence-corrected chi connectivity index (χ4v) is 4.95. The van der Waals surface area contributed by atoms with Crippen LogP contribution in [-0.2, 0) is 11.8 Å². The first-order chi connectivity index (χ1) is 15.7. The lowest BCUT2D eigenvalue weighted by Crippen LogP contribution is -2.43. The van der Waals surface area contributed by atoms with Crippen LogP contribution >= 0.6 is 0 Å². The van der Waals surface area contributed by atoms with E-state index in [1.165, 1.54) is 21.8 Å². The Morgan fingerprint density at radius 1 is 0.875 bits per heavy atom. The lowest BCUT2D eigenvalue weighted by Gasteiger charge is -2.38. The van der Waals surface area contributed by atoms with Crippen molar-refractivity contribution in [2.45, 2.75) is 44.0 Å². The summed E-state index contributed by atoms with van der Waals surface area (Å²) < 4.78 is 14.5. The minimum atomic E-state index is 0.209. The normalized spacial score (nSPS) is 21.7. The number of aryl methyl sites for hydroxylation is 1. The van der Waals surface area contributed by atoms with E-state index >= 15 is 0 Å². The Labute approximate surface area is 187 Å². The van der Waals surface area contributed by atoms with Crippen molar-refractivity contribution in [3.8, 4) is 17.0 Å². The van der Waals surface area contributed by atoms with Crippen molar-refractivity contribution in [1.82, 2.24) is 19.9 Å². The minimum Gasteiger partial charge on any atom is -0.474 e. The molecule has 6 rings (SSSR count). The van der Waals surface area contributed by atoms with Crippen LogP contribution < -0.4 is 10.1 Å². The average molecular weight is 429 g/mol. The monoisotopic (exact) mass is 428 g/mol. The van der Waals surface area contributed by atoms with Gasteiger partial charge in [-0.2, -0.15) is 0 Å². The maximum atomic E-state index is 6.19. The lowest BCUT2D eigenvalue weighted by molar-refractivity contribution is -0.103. The molecule has 0 unspecified atom stereocenters. The molecule has 1 saturated carbocycles. The molecule has 2 aliphatic rings. The second kappa shape index (κ2) is 8.19. The van der Waals surface area contributed by atoms with E-state index in [0.717, 1.165) is 49.9 Å². The number of hydrogen-bond acceptors (Lipinski definition) is 5. The van der Waals surface area contributed by atoms with E-state index in [2.05, 4.69) is 57.2 Å². The van der Waals surface area contributed by atoms with Gasteiger partial charge in [-0.15, -0.1) is 0 Å². The molecule has 1 aliphatic carbocycles. The van der Waals surface area contributed by atoms with Crippen molar-refractivity contribution < 1.29 is 9.47 Å². The van der Waals surface area contributed by atoms with Crippen molar-refractivity contribution in [3.63, 3.8) is 0 Å². The van der Waals surface area contributed by atoms with Crippen molar-refractivity contribution >= 4 is 21.8 Å². The minimum absolute atomic E-state index is 0.209. The Morgan fingerprint density at radius 2 is 1.72 bits per heavy atom. The summed E-state index contributed by atoms with van der Waals surface area (Å²) >= 11 is 0. The van der Waals surface area contributed by atoms with E-state index in [-0.39, 0.29) is 6.10 Å². The van der Waals surface area contributed by atoms with Crippen LogP contribution in [0.25, 0.3) is 32.9 Å². The van der Waals surface area contributed by atoms with Gasteiger partial charge in [0.15, 0.2) is 0 Å². The fraction of sp³-hybridized carbons (Fsp3) is 0.385. The number of nitrogens with zero attached hydrogens (tertiary/aromatic N) is 3. The number of aromatic nitrogens is 3. The third-order valence-corrected chi connectivity index (χ3v) is 6.89. The molecule has 0 atom stereocenters.